The number of carboxylic acids is 1. The molecule has 1 aromatic rings. The number of nitrogens with zero attached hydrogens (tertiary/aromatic N) is 2. The lowest BCUT2D eigenvalue weighted by atomic mass is 10.1. The largest absolute Gasteiger partial charge is 0.478 e. The van der Waals surface area contributed by atoms with Crippen LogP contribution in [-0.4, -0.2) is 42.4 Å². The van der Waals surface area contributed by atoms with Gasteiger partial charge in [-0.1, -0.05) is 13.8 Å². The first kappa shape index (κ1) is 12.8. The number of hydrogen-bond acceptors (Lipinski definition) is 4. The number of morpholine rings is 1. The lowest BCUT2D eigenvalue weighted by Crippen LogP contribution is -2.37. The molecule has 0 spiro atoms. The summed E-state index contributed by atoms with van der Waals surface area (Å²) in [5.74, 6) is 0.0415. The Balaban J connectivity index is 2.35. The smallest absolute Gasteiger partial charge is 0.335 e. The van der Waals surface area contributed by atoms with Crippen LogP contribution in [0.4, 0.5) is 5.82 Å². The van der Waals surface area contributed by atoms with Gasteiger partial charge >= 0.3 is 5.97 Å². The number of ether oxygens (including phenoxy) is 1. The molecule has 0 amide bonds. The molecule has 0 atom stereocenters. The van der Waals surface area contributed by atoms with Crippen molar-refractivity contribution in [2.75, 3.05) is 31.2 Å². The van der Waals surface area contributed by atoms with Crippen molar-refractivity contribution in [3.05, 3.63) is 23.4 Å². The summed E-state index contributed by atoms with van der Waals surface area (Å²) in [5, 5.41) is 9.14. The summed E-state index contributed by atoms with van der Waals surface area (Å²) in [6.07, 6.45) is 0. The maximum Gasteiger partial charge on any atom is 0.335 e. The van der Waals surface area contributed by atoms with E-state index >= 15 is 0 Å². The van der Waals surface area contributed by atoms with Crippen molar-refractivity contribution in [1.82, 2.24) is 4.98 Å². The van der Waals surface area contributed by atoms with Crippen molar-refractivity contribution < 1.29 is 14.6 Å². The van der Waals surface area contributed by atoms with Gasteiger partial charge in [0.15, 0.2) is 0 Å². The first-order valence-corrected chi connectivity index (χ1v) is 6.16. The van der Waals surface area contributed by atoms with Crippen molar-refractivity contribution in [3.8, 4) is 0 Å². The highest BCUT2D eigenvalue weighted by atomic mass is 16.5. The Morgan fingerprint density at radius 2 is 2.06 bits per heavy atom. The molecule has 1 saturated heterocycles. The summed E-state index contributed by atoms with van der Waals surface area (Å²) in [5.41, 5.74) is 1.12. The number of hydrogen-bond donors (Lipinski definition) is 1. The van der Waals surface area contributed by atoms with E-state index in [-0.39, 0.29) is 5.92 Å². The monoisotopic (exact) mass is 250 g/mol. The molecule has 98 valence electrons. The molecule has 0 unspecified atom stereocenters. The summed E-state index contributed by atoms with van der Waals surface area (Å²) in [6.45, 7) is 6.86. The van der Waals surface area contributed by atoms with Crippen LogP contribution >= 0.6 is 0 Å². The van der Waals surface area contributed by atoms with Gasteiger partial charge in [-0.05, 0) is 18.1 Å². The van der Waals surface area contributed by atoms with Crippen LogP contribution in [0.2, 0.25) is 0 Å². The van der Waals surface area contributed by atoms with E-state index in [9.17, 15) is 4.79 Å². The van der Waals surface area contributed by atoms with Gasteiger partial charge < -0.3 is 14.7 Å². The van der Waals surface area contributed by atoms with Crippen LogP contribution in [0.1, 0.15) is 35.8 Å². The van der Waals surface area contributed by atoms with Gasteiger partial charge in [0.2, 0.25) is 0 Å². The van der Waals surface area contributed by atoms with Crippen LogP contribution in [-0.2, 0) is 4.74 Å². The van der Waals surface area contributed by atoms with Crippen LogP contribution in [0.25, 0.3) is 0 Å². The average Bonchev–Trinajstić information content (AvgIpc) is 2.39. The van der Waals surface area contributed by atoms with Gasteiger partial charge in [0.05, 0.1) is 18.8 Å². The molecule has 1 N–H and O–H groups in total. The van der Waals surface area contributed by atoms with E-state index < -0.39 is 5.97 Å². The Bertz CT molecular complexity index is 440. The number of carboxylic acid groups (broad SMARTS) is 1. The fourth-order valence-corrected chi connectivity index (χ4v) is 1.91. The predicted molar refractivity (Wildman–Crippen MR) is 68.3 cm³/mol. The zero-order valence-corrected chi connectivity index (χ0v) is 10.7. The summed E-state index contributed by atoms with van der Waals surface area (Å²) in [6, 6.07) is 3.29. The second-order valence-electron chi connectivity index (χ2n) is 4.70. The minimum atomic E-state index is -0.909. The normalized spacial score (nSPS) is 16.1. The maximum absolute atomic E-state index is 11.1. The molecular weight excluding hydrogens is 232 g/mol. The third kappa shape index (κ3) is 2.79. The minimum Gasteiger partial charge on any atom is -0.478 e. The van der Waals surface area contributed by atoms with E-state index in [1.54, 1.807) is 12.1 Å². The van der Waals surface area contributed by atoms with E-state index in [0.29, 0.717) is 18.8 Å². The van der Waals surface area contributed by atoms with Crippen molar-refractivity contribution in [1.29, 1.82) is 0 Å². The lowest BCUT2D eigenvalue weighted by Gasteiger charge is -2.28. The summed E-state index contributed by atoms with van der Waals surface area (Å²) < 4.78 is 5.29. The second kappa shape index (κ2) is 5.35. The standard InChI is InChI=1S/C13H18N2O3/c1-9(2)11-7-10(13(16)17)8-12(14-11)15-3-5-18-6-4-15/h7-9H,3-6H2,1-2H3,(H,16,17). The average molecular weight is 250 g/mol. The molecule has 0 aliphatic carbocycles. The topological polar surface area (TPSA) is 62.7 Å². The first-order valence-electron chi connectivity index (χ1n) is 6.16. The Kier molecular flexibility index (Phi) is 3.81. The molecule has 2 heterocycles. The Morgan fingerprint density at radius 1 is 1.39 bits per heavy atom. The quantitative estimate of drug-likeness (QED) is 0.885. The van der Waals surface area contributed by atoms with Gasteiger partial charge in [0, 0.05) is 18.8 Å². The van der Waals surface area contributed by atoms with Gasteiger partial charge in [0.25, 0.3) is 0 Å². The zero-order valence-electron chi connectivity index (χ0n) is 10.7. The second-order valence-corrected chi connectivity index (χ2v) is 4.70. The number of rotatable bonds is 3. The molecule has 5 nitrogen and oxygen atoms in total. The number of aromatic carboxylic acids is 1. The van der Waals surface area contributed by atoms with Crippen LogP contribution in [0.15, 0.2) is 12.1 Å². The summed E-state index contributed by atoms with van der Waals surface area (Å²) >= 11 is 0. The molecule has 0 aromatic carbocycles. The molecule has 2 rings (SSSR count). The summed E-state index contributed by atoms with van der Waals surface area (Å²) in [7, 11) is 0. The Hall–Kier alpha value is -1.62. The molecule has 1 aromatic heterocycles. The Labute approximate surface area is 106 Å². The van der Waals surface area contributed by atoms with Gasteiger partial charge in [-0.25, -0.2) is 9.78 Å². The molecule has 1 fully saturated rings. The molecule has 18 heavy (non-hydrogen) atoms. The van der Waals surface area contributed by atoms with Gasteiger partial charge in [-0.3, -0.25) is 0 Å². The van der Waals surface area contributed by atoms with Crippen molar-refractivity contribution in [3.63, 3.8) is 0 Å². The molecule has 0 radical (unpaired) electrons. The summed E-state index contributed by atoms with van der Waals surface area (Å²) in [4.78, 5) is 17.8. The maximum atomic E-state index is 11.1. The van der Waals surface area contributed by atoms with Crippen LogP contribution < -0.4 is 4.90 Å². The fraction of sp³-hybridized carbons (Fsp3) is 0.538. The van der Waals surface area contributed by atoms with Gasteiger partial charge in [0.1, 0.15) is 5.82 Å². The molecule has 5 heteroatoms. The highest BCUT2D eigenvalue weighted by Gasteiger charge is 2.17. The predicted octanol–water partition coefficient (Wildman–Crippen LogP) is 1.74. The lowest BCUT2D eigenvalue weighted by molar-refractivity contribution is 0.0696. The third-order valence-corrected chi connectivity index (χ3v) is 3.01. The molecule has 0 bridgehead atoms. The van der Waals surface area contributed by atoms with E-state index in [1.807, 2.05) is 13.8 Å². The van der Waals surface area contributed by atoms with Gasteiger partial charge in [-0.15, -0.1) is 0 Å². The molecule has 1 aliphatic rings. The molecule has 1 aliphatic heterocycles. The highest BCUT2D eigenvalue weighted by molar-refractivity contribution is 5.88. The van der Waals surface area contributed by atoms with Gasteiger partial charge in [-0.2, -0.15) is 0 Å². The van der Waals surface area contributed by atoms with E-state index in [1.165, 1.54) is 0 Å². The van der Waals surface area contributed by atoms with Crippen LogP contribution in [0.5, 0.6) is 0 Å². The minimum absolute atomic E-state index is 0.212. The number of pyridine rings is 1. The van der Waals surface area contributed by atoms with Crippen molar-refractivity contribution in [2.45, 2.75) is 19.8 Å². The fourth-order valence-electron chi connectivity index (χ4n) is 1.91. The Morgan fingerprint density at radius 3 is 2.61 bits per heavy atom. The van der Waals surface area contributed by atoms with E-state index in [2.05, 4.69) is 9.88 Å². The van der Waals surface area contributed by atoms with E-state index in [4.69, 9.17) is 9.84 Å². The SMILES string of the molecule is CC(C)c1cc(C(=O)O)cc(N2CCOCC2)n1. The first-order chi connectivity index (χ1) is 8.58. The highest BCUT2D eigenvalue weighted by Crippen LogP contribution is 2.21. The third-order valence-electron chi connectivity index (χ3n) is 3.01. The molecule has 0 saturated carbocycles. The number of anilines is 1. The van der Waals surface area contributed by atoms with Crippen molar-refractivity contribution in [2.24, 2.45) is 0 Å². The zero-order chi connectivity index (χ0) is 13.1. The van der Waals surface area contributed by atoms with Crippen molar-refractivity contribution >= 4 is 11.8 Å². The van der Waals surface area contributed by atoms with Crippen LogP contribution in [0.3, 0.4) is 0 Å². The number of aromatic nitrogens is 1. The van der Waals surface area contributed by atoms with E-state index in [0.717, 1.165) is 24.6 Å². The molecular formula is C13H18N2O3. The van der Waals surface area contributed by atoms with Crippen LogP contribution in [0, 0.1) is 0 Å². The number of carbonyl (C=O) groups is 1.